The predicted octanol–water partition coefficient (Wildman–Crippen LogP) is 2.97. The summed E-state index contributed by atoms with van der Waals surface area (Å²) in [6.07, 6.45) is 6.01. The maximum absolute atomic E-state index is 6.29. The van der Waals surface area contributed by atoms with Crippen molar-refractivity contribution in [3.63, 3.8) is 0 Å². The van der Waals surface area contributed by atoms with Crippen molar-refractivity contribution in [1.82, 2.24) is 4.98 Å². The molecule has 3 rings (SSSR count). The molecule has 0 radical (unpaired) electrons. The summed E-state index contributed by atoms with van der Waals surface area (Å²) in [6.45, 7) is 0. The Kier molecular flexibility index (Phi) is 2.03. The Morgan fingerprint density at radius 2 is 2.07 bits per heavy atom. The van der Waals surface area contributed by atoms with Gasteiger partial charge in [-0.1, -0.05) is 24.6 Å². The number of rotatable bonds is 2. The van der Waals surface area contributed by atoms with Gasteiger partial charge in [-0.3, -0.25) is 0 Å². The zero-order valence-electron chi connectivity index (χ0n) is 8.74. The normalized spacial score (nSPS) is 19.0. The monoisotopic (exact) mass is 200 g/mol. The summed E-state index contributed by atoms with van der Waals surface area (Å²) in [5, 5.41) is 1.29. The molecule has 1 aliphatic rings. The lowest BCUT2D eigenvalue weighted by Crippen LogP contribution is -2.26. The van der Waals surface area contributed by atoms with Gasteiger partial charge < -0.3 is 10.7 Å². The van der Waals surface area contributed by atoms with E-state index in [1.807, 2.05) is 0 Å². The fraction of sp³-hybridized carbons (Fsp3) is 0.385. The van der Waals surface area contributed by atoms with E-state index >= 15 is 0 Å². The van der Waals surface area contributed by atoms with Gasteiger partial charge in [-0.25, -0.2) is 0 Å². The van der Waals surface area contributed by atoms with E-state index in [1.165, 1.54) is 35.7 Å². The summed E-state index contributed by atoms with van der Waals surface area (Å²) in [6, 6.07) is 8.60. The van der Waals surface area contributed by atoms with Crippen LogP contribution in [0.15, 0.2) is 30.5 Å². The number of hydrogen-bond acceptors (Lipinski definition) is 1. The second kappa shape index (κ2) is 3.38. The van der Waals surface area contributed by atoms with Gasteiger partial charge in [-0.15, -0.1) is 0 Å². The molecule has 78 valence electrons. The smallest absolute Gasteiger partial charge is 0.0457 e. The molecule has 1 heterocycles. The minimum atomic E-state index is 0.217. The molecule has 15 heavy (non-hydrogen) atoms. The van der Waals surface area contributed by atoms with E-state index in [9.17, 15) is 0 Å². The molecular formula is C13H16N2. The van der Waals surface area contributed by atoms with Crippen molar-refractivity contribution in [2.75, 3.05) is 0 Å². The summed E-state index contributed by atoms with van der Waals surface area (Å²) < 4.78 is 0. The number of aromatic nitrogens is 1. The lowest BCUT2D eigenvalue weighted by molar-refractivity contribution is 0.265. The minimum Gasteiger partial charge on any atom is -0.361 e. The molecule has 0 amide bonds. The van der Waals surface area contributed by atoms with Crippen LogP contribution in [0.1, 0.15) is 30.9 Å². The van der Waals surface area contributed by atoms with E-state index in [0.717, 1.165) is 0 Å². The van der Waals surface area contributed by atoms with Crippen LogP contribution >= 0.6 is 0 Å². The highest BCUT2D eigenvalue weighted by molar-refractivity contribution is 5.83. The quantitative estimate of drug-likeness (QED) is 0.768. The molecular weight excluding hydrogens is 184 g/mol. The van der Waals surface area contributed by atoms with Gasteiger partial charge in [-0.05, 0) is 30.4 Å². The zero-order chi connectivity index (χ0) is 10.3. The number of hydrogen-bond donors (Lipinski definition) is 2. The number of benzene rings is 1. The SMILES string of the molecule is N[C@H](c1c[nH]c2ccccc12)C1CCC1. The van der Waals surface area contributed by atoms with E-state index in [2.05, 4.69) is 35.4 Å². The van der Waals surface area contributed by atoms with Crippen LogP contribution in [0, 0.1) is 5.92 Å². The first-order chi connectivity index (χ1) is 7.36. The highest BCUT2D eigenvalue weighted by Gasteiger charge is 2.26. The van der Waals surface area contributed by atoms with Crippen LogP contribution in [0.3, 0.4) is 0 Å². The van der Waals surface area contributed by atoms with Gasteiger partial charge in [0.25, 0.3) is 0 Å². The van der Waals surface area contributed by atoms with Gasteiger partial charge in [0.05, 0.1) is 0 Å². The molecule has 0 spiro atoms. The van der Waals surface area contributed by atoms with E-state index in [4.69, 9.17) is 5.73 Å². The lowest BCUT2D eigenvalue weighted by Gasteiger charge is -2.31. The van der Waals surface area contributed by atoms with Crippen LogP contribution in [0.25, 0.3) is 10.9 Å². The van der Waals surface area contributed by atoms with Gasteiger partial charge in [0.1, 0.15) is 0 Å². The molecule has 0 aliphatic heterocycles. The van der Waals surface area contributed by atoms with Crippen LogP contribution in [0.5, 0.6) is 0 Å². The standard InChI is InChI=1S/C13H16N2/c14-13(9-4-3-5-9)11-8-15-12-7-2-1-6-10(11)12/h1-2,6-9,13,15H,3-5,14H2/t13-/m0/s1. The molecule has 1 aliphatic carbocycles. The van der Waals surface area contributed by atoms with E-state index in [1.54, 1.807) is 0 Å². The first-order valence-corrected chi connectivity index (χ1v) is 5.68. The fourth-order valence-corrected chi connectivity index (χ4v) is 2.42. The van der Waals surface area contributed by atoms with Crippen molar-refractivity contribution in [3.8, 4) is 0 Å². The zero-order valence-corrected chi connectivity index (χ0v) is 8.74. The molecule has 2 nitrogen and oxygen atoms in total. The Morgan fingerprint density at radius 1 is 1.27 bits per heavy atom. The summed E-state index contributed by atoms with van der Waals surface area (Å²) in [5.41, 5.74) is 8.77. The average molecular weight is 200 g/mol. The van der Waals surface area contributed by atoms with Gasteiger partial charge in [0.15, 0.2) is 0 Å². The van der Waals surface area contributed by atoms with Crippen molar-refractivity contribution >= 4 is 10.9 Å². The number of fused-ring (bicyclic) bond motifs is 1. The van der Waals surface area contributed by atoms with Gasteiger partial charge >= 0.3 is 0 Å². The lowest BCUT2D eigenvalue weighted by atomic mass is 9.77. The maximum Gasteiger partial charge on any atom is 0.0457 e. The molecule has 0 unspecified atom stereocenters. The van der Waals surface area contributed by atoms with Crippen molar-refractivity contribution < 1.29 is 0 Å². The number of nitrogens with one attached hydrogen (secondary N) is 1. The second-order valence-electron chi connectivity index (χ2n) is 4.51. The number of nitrogens with two attached hydrogens (primary N) is 1. The Hall–Kier alpha value is -1.28. The molecule has 1 saturated carbocycles. The third-order valence-electron chi connectivity index (χ3n) is 3.64. The Labute approximate surface area is 89.5 Å². The molecule has 0 bridgehead atoms. The largest absolute Gasteiger partial charge is 0.361 e. The highest BCUT2D eigenvalue weighted by atomic mass is 14.7. The Balaban J connectivity index is 2.02. The Morgan fingerprint density at radius 3 is 2.80 bits per heavy atom. The summed E-state index contributed by atoms with van der Waals surface area (Å²) in [5.74, 6) is 0.698. The van der Waals surface area contributed by atoms with Crippen LogP contribution in [0.2, 0.25) is 0 Å². The molecule has 2 heteroatoms. The molecule has 1 fully saturated rings. The van der Waals surface area contributed by atoms with E-state index in [0.29, 0.717) is 5.92 Å². The third kappa shape index (κ3) is 1.37. The third-order valence-corrected chi connectivity index (χ3v) is 3.64. The fourth-order valence-electron chi connectivity index (χ4n) is 2.42. The minimum absolute atomic E-state index is 0.217. The van der Waals surface area contributed by atoms with Crippen LogP contribution < -0.4 is 5.73 Å². The van der Waals surface area contributed by atoms with Crippen LogP contribution in [-0.2, 0) is 0 Å². The number of aromatic amines is 1. The molecule has 1 atom stereocenters. The second-order valence-corrected chi connectivity index (χ2v) is 4.51. The van der Waals surface area contributed by atoms with Crippen molar-refractivity contribution in [3.05, 3.63) is 36.0 Å². The predicted molar refractivity (Wildman–Crippen MR) is 62.6 cm³/mol. The molecule has 0 saturated heterocycles. The average Bonchev–Trinajstić information content (AvgIpc) is 2.58. The topological polar surface area (TPSA) is 41.8 Å². The van der Waals surface area contributed by atoms with Crippen LogP contribution in [-0.4, -0.2) is 4.98 Å². The number of H-pyrrole nitrogens is 1. The van der Waals surface area contributed by atoms with Gasteiger partial charge in [0, 0.05) is 23.1 Å². The Bertz CT molecular complexity index is 468. The van der Waals surface area contributed by atoms with Gasteiger partial charge in [0.2, 0.25) is 0 Å². The molecule has 1 aromatic carbocycles. The van der Waals surface area contributed by atoms with Crippen molar-refractivity contribution in [2.45, 2.75) is 25.3 Å². The summed E-state index contributed by atoms with van der Waals surface area (Å²) in [7, 11) is 0. The first kappa shape index (κ1) is 8.98. The van der Waals surface area contributed by atoms with Crippen LogP contribution in [0.4, 0.5) is 0 Å². The maximum atomic E-state index is 6.29. The molecule has 2 aromatic rings. The van der Waals surface area contributed by atoms with Crippen molar-refractivity contribution in [1.29, 1.82) is 0 Å². The molecule has 1 aromatic heterocycles. The summed E-state index contributed by atoms with van der Waals surface area (Å²) >= 11 is 0. The first-order valence-electron chi connectivity index (χ1n) is 5.68. The van der Waals surface area contributed by atoms with E-state index in [-0.39, 0.29) is 6.04 Å². The molecule has 3 N–H and O–H groups in total. The van der Waals surface area contributed by atoms with Gasteiger partial charge in [-0.2, -0.15) is 0 Å². The van der Waals surface area contributed by atoms with E-state index < -0.39 is 0 Å². The number of para-hydroxylation sites is 1. The van der Waals surface area contributed by atoms with Crippen molar-refractivity contribution in [2.24, 2.45) is 11.7 Å². The summed E-state index contributed by atoms with van der Waals surface area (Å²) in [4.78, 5) is 3.29. The highest BCUT2D eigenvalue weighted by Crippen LogP contribution is 2.38.